The van der Waals surface area contributed by atoms with E-state index in [1.54, 1.807) is 0 Å². The third-order valence-electron chi connectivity index (χ3n) is 4.94. The van der Waals surface area contributed by atoms with Crippen LogP contribution in [0.4, 0.5) is 0 Å². The molecule has 2 unspecified atom stereocenters. The largest absolute Gasteiger partial charge is 0.390 e. The second kappa shape index (κ2) is 7.04. The van der Waals surface area contributed by atoms with Gasteiger partial charge < -0.3 is 5.32 Å². The molecular formula is C17H32N2S. The Morgan fingerprint density at radius 2 is 1.90 bits per heavy atom. The van der Waals surface area contributed by atoms with Gasteiger partial charge in [-0.2, -0.15) is 0 Å². The number of hydrogen-bond donors (Lipinski definition) is 3. The molecule has 0 aromatic heterocycles. The zero-order valence-corrected chi connectivity index (χ0v) is 15.1. The van der Waals surface area contributed by atoms with Crippen LogP contribution in [0.2, 0.25) is 0 Å². The first kappa shape index (κ1) is 17.6. The van der Waals surface area contributed by atoms with Gasteiger partial charge in [-0.05, 0) is 42.2 Å². The number of nitrogens with one attached hydrogen (secondary N) is 2. The zero-order valence-electron chi connectivity index (χ0n) is 14.2. The van der Waals surface area contributed by atoms with Crippen LogP contribution in [0.5, 0.6) is 0 Å². The predicted octanol–water partition coefficient (Wildman–Crippen LogP) is 4.18. The molecule has 0 aliphatic heterocycles. The molecule has 0 bridgehead atoms. The van der Waals surface area contributed by atoms with Crippen molar-refractivity contribution in [2.45, 2.75) is 48.0 Å². The number of allylic oxidation sites excluding steroid dienone is 3. The van der Waals surface area contributed by atoms with Crippen molar-refractivity contribution in [2.24, 2.45) is 23.2 Å². The van der Waals surface area contributed by atoms with E-state index in [-0.39, 0.29) is 0 Å². The lowest BCUT2D eigenvalue weighted by molar-refractivity contribution is 0.384. The minimum Gasteiger partial charge on any atom is -0.390 e. The van der Waals surface area contributed by atoms with Gasteiger partial charge in [0, 0.05) is 24.7 Å². The van der Waals surface area contributed by atoms with E-state index in [0.717, 1.165) is 12.5 Å². The molecule has 0 saturated heterocycles. The summed E-state index contributed by atoms with van der Waals surface area (Å²) in [5.41, 5.74) is 4.63. The zero-order chi connectivity index (χ0) is 15.5. The molecule has 0 aromatic carbocycles. The fourth-order valence-corrected chi connectivity index (χ4v) is 3.92. The molecule has 0 radical (unpaired) electrons. The highest BCUT2D eigenvalue weighted by molar-refractivity contribution is 7.78. The Morgan fingerprint density at radius 3 is 2.15 bits per heavy atom. The second-order valence-electron chi connectivity index (χ2n) is 6.64. The van der Waals surface area contributed by atoms with Crippen molar-refractivity contribution in [1.82, 2.24) is 10.0 Å². The van der Waals surface area contributed by atoms with Crippen LogP contribution in [0.15, 0.2) is 22.9 Å². The monoisotopic (exact) mass is 296 g/mol. The summed E-state index contributed by atoms with van der Waals surface area (Å²) in [5.74, 6) is 1.96. The van der Waals surface area contributed by atoms with Crippen molar-refractivity contribution in [3.05, 3.63) is 22.9 Å². The first-order valence-electron chi connectivity index (χ1n) is 7.81. The summed E-state index contributed by atoms with van der Waals surface area (Å²) in [6.45, 7) is 14.6. The molecule has 3 heteroatoms. The highest BCUT2D eigenvalue weighted by Gasteiger charge is 2.57. The van der Waals surface area contributed by atoms with Gasteiger partial charge in [-0.3, -0.25) is 4.72 Å². The first-order valence-corrected chi connectivity index (χ1v) is 8.26. The van der Waals surface area contributed by atoms with E-state index in [1.807, 2.05) is 7.05 Å². The number of hydrogen-bond acceptors (Lipinski definition) is 3. The lowest BCUT2D eigenvalue weighted by Crippen LogP contribution is -2.28. The van der Waals surface area contributed by atoms with Crippen LogP contribution >= 0.6 is 12.8 Å². The summed E-state index contributed by atoms with van der Waals surface area (Å²) >= 11 is 4.20. The van der Waals surface area contributed by atoms with Crippen LogP contribution in [0.25, 0.3) is 0 Å². The summed E-state index contributed by atoms with van der Waals surface area (Å²) in [5, 5.41) is 3.42. The molecule has 1 aliphatic rings. The molecule has 2 N–H and O–H groups in total. The Labute approximate surface area is 131 Å². The van der Waals surface area contributed by atoms with Crippen molar-refractivity contribution in [3.8, 4) is 0 Å². The van der Waals surface area contributed by atoms with Gasteiger partial charge in [0.25, 0.3) is 0 Å². The Hall–Kier alpha value is -0.410. The molecule has 1 saturated carbocycles. The SMILES string of the molecule is C/C=C(/C(=C(/CNS)NC)C1(C(C)C)CC1C)C(C)C. The fraction of sp³-hybridized carbons (Fsp3) is 0.765. The van der Waals surface area contributed by atoms with Crippen LogP contribution < -0.4 is 10.0 Å². The van der Waals surface area contributed by atoms with Crippen LogP contribution in [0, 0.1) is 23.2 Å². The standard InChI is InChI=1S/C17H32N2S/c1-8-14(11(2)3)16(15(18-7)10-19-20)17(12(4)5)9-13(17)6/h8,11-13,18-20H,9-10H2,1-7H3/b14-8+,16-15+. The molecule has 1 rings (SSSR count). The van der Waals surface area contributed by atoms with Gasteiger partial charge in [0.2, 0.25) is 0 Å². The number of thiol groups is 1. The molecule has 116 valence electrons. The highest BCUT2D eigenvalue weighted by atomic mass is 32.1. The smallest absolute Gasteiger partial charge is 0.0458 e. The summed E-state index contributed by atoms with van der Waals surface area (Å²) in [6, 6.07) is 0. The summed E-state index contributed by atoms with van der Waals surface area (Å²) in [7, 11) is 2.02. The molecule has 1 fully saturated rings. The van der Waals surface area contributed by atoms with Gasteiger partial charge in [-0.15, -0.1) is 0 Å². The predicted molar refractivity (Wildman–Crippen MR) is 92.7 cm³/mol. The third-order valence-corrected chi connectivity index (χ3v) is 5.10. The van der Waals surface area contributed by atoms with Gasteiger partial charge >= 0.3 is 0 Å². The van der Waals surface area contributed by atoms with Crippen LogP contribution in [0.3, 0.4) is 0 Å². The summed E-state index contributed by atoms with van der Waals surface area (Å²) in [4.78, 5) is 0. The first-order chi connectivity index (χ1) is 9.36. The molecule has 0 amide bonds. The lowest BCUT2D eigenvalue weighted by atomic mass is 9.75. The fourth-order valence-electron chi connectivity index (χ4n) is 3.76. The van der Waals surface area contributed by atoms with E-state index in [0.29, 0.717) is 17.3 Å². The quantitative estimate of drug-likeness (QED) is 0.485. The molecule has 0 heterocycles. The van der Waals surface area contributed by atoms with E-state index in [9.17, 15) is 0 Å². The van der Waals surface area contributed by atoms with Gasteiger partial charge in [0.15, 0.2) is 0 Å². The Kier molecular flexibility index (Phi) is 6.21. The third kappa shape index (κ3) is 3.09. The molecular weight excluding hydrogens is 264 g/mol. The van der Waals surface area contributed by atoms with Gasteiger partial charge in [0.05, 0.1) is 0 Å². The molecule has 2 atom stereocenters. The number of rotatable bonds is 7. The maximum absolute atomic E-state index is 4.20. The van der Waals surface area contributed by atoms with E-state index in [4.69, 9.17) is 0 Å². The van der Waals surface area contributed by atoms with Crippen molar-refractivity contribution < 1.29 is 0 Å². The van der Waals surface area contributed by atoms with Crippen molar-refractivity contribution in [1.29, 1.82) is 0 Å². The van der Waals surface area contributed by atoms with Gasteiger partial charge in [0.1, 0.15) is 0 Å². The Bertz CT molecular complexity index is 396. The molecule has 2 nitrogen and oxygen atoms in total. The van der Waals surface area contributed by atoms with E-state index in [1.165, 1.54) is 23.3 Å². The van der Waals surface area contributed by atoms with E-state index in [2.05, 4.69) is 70.5 Å². The molecule has 0 spiro atoms. The minimum atomic E-state index is 0.328. The van der Waals surface area contributed by atoms with Crippen LogP contribution in [-0.4, -0.2) is 13.6 Å². The normalized spacial score (nSPS) is 27.9. The summed E-state index contributed by atoms with van der Waals surface area (Å²) in [6.07, 6.45) is 3.59. The maximum Gasteiger partial charge on any atom is 0.0458 e. The van der Waals surface area contributed by atoms with Gasteiger partial charge in [-0.25, -0.2) is 0 Å². The van der Waals surface area contributed by atoms with E-state index < -0.39 is 0 Å². The molecule has 0 aromatic rings. The van der Waals surface area contributed by atoms with Gasteiger partial charge in [-0.1, -0.05) is 53.5 Å². The average Bonchev–Trinajstić information content (AvgIpc) is 3.05. The highest BCUT2D eigenvalue weighted by Crippen LogP contribution is 2.64. The van der Waals surface area contributed by atoms with E-state index >= 15 is 0 Å². The minimum absolute atomic E-state index is 0.328. The maximum atomic E-state index is 4.20. The molecule has 20 heavy (non-hydrogen) atoms. The van der Waals surface area contributed by atoms with Crippen LogP contribution in [0.1, 0.15) is 48.0 Å². The second-order valence-corrected chi connectivity index (χ2v) is 6.95. The lowest BCUT2D eigenvalue weighted by Gasteiger charge is -2.32. The summed E-state index contributed by atoms with van der Waals surface area (Å²) < 4.78 is 3.02. The molecule has 1 aliphatic carbocycles. The topological polar surface area (TPSA) is 24.1 Å². The Morgan fingerprint density at radius 1 is 1.35 bits per heavy atom. The van der Waals surface area contributed by atoms with Crippen molar-refractivity contribution in [3.63, 3.8) is 0 Å². The van der Waals surface area contributed by atoms with Crippen molar-refractivity contribution >= 4 is 12.8 Å². The van der Waals surface area contributed by atoms with Crippen LogP contribution in [-0.2, 0) is 0 Å². The van der Waals surface area contributed by atoms with Crippen molar-refractivity contribution in [2.75, 3.05) is 13.6 Å². The average molecular weight is 297 g/mol. The Balaban J connectivity index is 3.43. The number of likely N-dealkylation sites (N-methyl/N-ethyl adjacent to an activating group) is 1.